The zero-order chi connectivity index (χ0) is 27.4. The molecule has 38 heavy (non-hydrogen) atoms. The van der Waals surface area contributed by atoms with Crippen molar-refractivity contribution in [2.24, 2.45) is 10.7 Å². The van der Waals surface area contributed by atoms with Gasteiger partial charge in [0.1, 0.15) is 17.5 Å². The predicted octanol–water partition coefficient (Wildman–Crippen LogP) is 5.24. The monoisotopic (exact) mass is 534 g/mol. The van der Waals surface area contributed by atoms with Crippen LogP contribution in [0.4, 0.5) is 27.8 Å². The highest BCUT2D eigenvalue weighted by molar-refractivity contribution is 5.99. The highest BCUT2D eigenvalue weighted by Gasteiger charge is 2.37. The van der Waals surface area contributed by atoms with Crippen molar-refractivity contribution in [2.75, 3.05) is 37.6 Å². The highest BCUT2D eigenvalue weighted by atomic mass is 19.4. The Labute approximate surface area is 218 Å². The number of piperidine rings is 1. The zero-order valence-electron chi connectivity index (χ0n) is 21.2. The maximum absolute atomic E-state index is 13.9. The van der Waals surface area contributed by atoms with Gasteiger partial charge in [-0.2, -0.15) is 13.2 Å². The summed E-state index contributed by atoms with van der Waals surface area (Å²) in [6.07, 6.45) is 1.59. The van der Waals surface area contributed by atoms with Gasteiger partial charge in [0, 0.05) is 62.3 Å². The number of hydrogen-bond donors (Lipinski definition) is 1. The van der Waals surface area contributed by atoms with Gasteiger partial charge in [-0.15, -0.1) is 0 Å². The Morgan fingerprint density at radius 3 is 2.47 bits per heavy atom. The van der Waals surface area contributed by atoms with Crippen LogP contribution in [-0.2, 0) is 6.18 Å². The number of nitrogens with two attached hydrogens (primary N) is 1. The van der Waals surface area contributed by atoms with Crippen LogP contribution in [0.2, 0.25) is 0 Å². The second-order valence-electron chi connectivity index (χ2n) is 9.52. The molecule has 3 heterocycles. The molecule has 2 N–H and O–H groups in total. The van der Waals surface area contributed by atoms with Crippen LogP contribution in [0.3, 0.4) is 0 Å². The Balaban J connectivity index is 1.63. The van der Waals surface area contributed by atoms with Crippen LogP contribution >= 0.6 is 0 Å². The van der Waals surface area contributed by atoms with E-state index in [-0.39, 0.29) is 36.2 Å². The summed E-state index contributed by atoms with van der Waals surface area (Å²) in [4.78, 5) is 14.4. The van der Waals surface area contributed by atoms with Gasteiger partial charge in [-0.25, -0.2) is 18.8 Å². The zero-order valence-corrected chi connectivity index (χ0v) is 21.2. The topological polar surface area (TPSA) is 61.0 Å². The van der Waals surface area contributed by atoms with Gasteiger partial charge in [-0.1, -0.05) is 6.58 Å². The fraction of sp³-hybridized carbons (Fsp3) is 0.407. The second kappa shape index (κ2) is 11.4. The van der Waals surface area contributed by atoms with Crippen LogP contribution in [0, 0.1) is 11.6 Å². The molecule has 0 radical (unpaired) electrons. The minimum absolute atomic E-state index is 0.112. The average Bonchev–Trinajstić information content (AvgIpc) is 2.89. The number of rotatable bonds is 5. The molecule has 11 heteroatoms. The predicted molar refractivity (Wildman–Crippen MR) is 138 cm³/mol. The lowest BCUT2D eigenvalue weighted by Gasteiger charge is -2.42. The Bertz CT molecular complexity index is 1220. The molecule has 2 saturated heterocycles. The van der Waals surface area contributed by atoms with Crippen molar-refractivity contribution in [1.82, 2.24) is 14.8 Å². The third-order valence-electron chi connectivity index (χ3n) is 6.82. The van der Waals surface area contributed by atoms with Crippen LogP contribution < -0.4 is 10.6 Å². The first kappa shape index (κ1) is 27.4. The first-order chi connectivity index (χ1) is 18.0. The summed E-state index contributed by atoms with van der Waals surface area (Å²) in [6, 6.07) is 5.42. The summed E-state index contributed by atoms with van der Waals surface area (Å²) in [5.41, 5.74) is 5.96. The van der Waals surface area contributed by atoms with Crippen LogP contribution in [0.25, 0.3) is 5.70 Å². The molecule has 0 unspecified atom stereocenters. The number of amidine groups is 1. The third-order valence-corrected chi connectivity index (χ3v) is 6.82. The summed E-state index contributed by atoms with van der Waals surface area (Å²) < 4.78 is 68.1. The van der Waals surface area contributed by atoms with Crippen LogP contribution in [0.5, 0.6) is 0 Å². The fourth-order valence-electron chi connectivity index (χ4n) is 4.79. The van der Waals surface area contributed by atoms with Crippen molar-refractivity contribution in [1.29, 1.82) is 0 Å². The SMILES string of the molecule is C=C(N=C(/C=C(\N)c1ccc(F)c(F)c1)N1CCN(c2ncccc2C(F)(F)F)C[C@H]1C)N1CCCCC1. The maximum atomic E-state index is 13.9. The summed E-state index contributed by atoms with van der Waals surface area (Å²) >= 11 is 0. The Morgan fingerprint density at radius 1 is 1.08 bits per heavy atom. The summed E-state index contributed by atoms with van der Waals surface area (Å²) in [5.74, 6) is -1.11. The number of alkyl halides is 3. The molecule has 0 amide bonds. The highest BCUT2D eigenvalue weighted by Crippen LogP contribution is 2.36. The number of pyridine rings is 1. The van der Waals surface area contributed by atoms with E-state index in [0.717, 1.165) is 50.6 Å². The van der Waals surface area contributed by atoms with E-state index in [2.05, 4.69) is 16.5 Å². The number of anilines is 1. The molecule has 2 aliphatic rings. The minimum atomic E-state index is -4.52. The lowest BCUT2D eigenvalue weighted by Crippen LogP contribution is -2.54. The number of halogens is 5. The number of hydrogen-bond acceptors (Lipinski definition) is 5. The van der Waals surface area contributed by atoms with Crippen molar-refractivity contribution in [2.45, 2.75) is 38.4 Å². The first-order valence-corrected chi connectivity index (χ1v) is 12.5. The standard InChI is InChI=1S/C27H31F5N6/c1-18-17-37(26-21(27(30,31)32)7-6-10-34-26)13-14-38(18)25(35-19(2)36-11-4-3-5-12-36)16-24(33)20-8-9-22(28)23(29)15-20/h6-10,15-16,18H,2-5,11-14,17,33H2,1H3/b24-16-,35-25?/t18-/m1/s1. The molecule has 1 aromatic carbocycles. The Morgan fingerprint density at radius 2 is 1.82 bits per heavy atom. The molecule has 6 nitrogen and oxygen atoms in total. The van der Waals surface area contributed by atoms with Gasteiger partial charge in [0.2, 0.25) is 0 Å². The van der Waals surface area contributed by atoms with Gasteiger partial charge in [-0.3, -0.25) is 0 Å². The smallest absolute Gasteiger partial charge is 0.398 e. The van der Waals surface area contributed by atoms with Gasteiger partial charge in [-0.05, 0) is 56.5 Å². The van der Waals surface area contributed by atoms with Gasteiger partial charge in [0.25, 0.3) is 0 Å². The molecule has 0 aliphatic carbocycles. The summed E-state index contributed by atoms with van der Waals surface area (Å²) in [7, 11) is 0. The minimum Gasteiger partial charge on any atom is -0.398 e. The molecule has 2 fully saturated rings. The number of aliphatic imine (C=N–C) groups is 1. The number of benzene rings is 1. The summed E-state index contributed by atoms with van der Waals surface area (Å²) in [5, 5.41) is 0. The van der Waals surface area contributed by atoms with Gasteiger partial charge < -0.3 is 20.4 Å². The van der Waals surface area contributed by atoms with E-state index in [1.807, 2.05) is 11.8 Å². The molecule has 2 aromatic rings. The van der Waals surface area contributed by atoms with Gasteiger partial charge >= 0.3 is 6.18 Å². The van der Waals surface area contributed by atoms with E-state index in [1.54, 1.807) is 11.0 Å². The molecule has 4 rings (SSSR count). The molecular weight excluding hydrogens is 503 g/mol. The Kier molecular flexibility index (Phi) is 8.23. The van der Waals surface area contributed by atoms with Crippen molar-refractivity contribution in [3.8, 4) is 0 Å². The third kappa shape index (κ3) is 6.25. The van der Waals surface area contributed by atoms with Crippen molar-refractivity contribution in [3.63, 3.8) is 0 Å². The van der Waals surface area contributed by atoms with Gasteiger partial charge in [0.15, 0.2) is 11.6 Å². The fourth-order valence-corrected chi connectivity index (χ4v) is 4.79. The number of likely N-dealkylation sites (tertiary alicyclic amines) is 1. The molecule has 0 saturated carbocycles. The molecule has 0 spiro atoms. The van der Waals surface area contributed by atoms with E-state index < -0.39 is 23.4 Å². The first-order valence-electron chi connectivity index (χ1n) is 12.5. The quantitative estimate of drug-likeness (QED) is 0.323. The molecule has 0 bridgehead atoms. The van der Waals surface area contributed by atoms with E-state index >= 15 is 0 Å². The number of nitrogens with zero attached hydrogens (tertiary/aromatic N) is 5. The lowest BCUT2D eigenvalue weighted by atomic mass is 10.1. The van der Waals surface area contributed by atoms with E-state index in [9.17, 15) is 22.0 Å². The van der Waals surface area contributed by atoms with Crippen molar-refractivity contribution < 1.29 is 22.0 Å². The largest absolute Gasteiger partial charge is 0.419 e. The molecule has 1 atom stereocenters. The lowest BCUT2D eigenvalue weighted by molar-refractivity contribution is -0.137. The average molecular weight is 535 g/mol. The van der Waals surface area contributed by atoms with E-state index in [4.69, 9.17) is 10.7 Å². The molecule has 1 aromatic heterocycles. The van der Waals surface area contributed by atoms with Crippen LogP contribution in [0.1, 0.15) is 37.3 Å². The molecule has 2 aliphatic heterocycles. The van der Waals surface area contributed by atoms with Gasteiger partial charge in [0.05, 0.1) is 5.56 Å². The summed E-state index contributed by atoms with van der Waals surface area (Å²) in [6.45, 7) is 8.51. The number of piperazine rings is 1. The Hall–Kier alpha value is -3.63. The van der Waals surface area contributed by atoms with Crippen LogP contribution in [0.15, 0.2) is 60.0 Å². The normalized spacial score (nSPS) is 19.6. The van der Waals surface area contributed by atoms with Crippen molar-refractivity contribution in [3.05, 3.63) is 77.8 Å². The van der Waals surface area contributed by atoms with Crippen molar-refractivity contribution >= 4 is 17.4 Å². The molecular formula is C27H31F5N6. The van der Waals surface area contributed by atoms with Crippen LogP contribution in [-0.4, -0.2) is 59.4 Å². The second-order valence-corrected chi connectivity index (χ2v) is 9.52. The van der Waals surface area contributed by atoms with E-state index in [1.165, 1.54) is 18.3 Å². The maximum Gasteiger partial charge on any atom is 0.419 e. The number of aromatic nitrogens is 1. The molecule has 204 valence electrons. The van der Waals surface area contributed by atoms with E-state index in [0.29, 0.717) is 18.2 Å².